The first-order chi connectivity index (χ1) is 16.8. The molecule has 34 heavy (non-hydrogen) atoms. The highest BCUT2D eigenvalue weighted by Crippen LogP contribution is 2.66. The van der Waals surface area contributed by atoms with Crippen LogP contribution in [0, 0.1) is 3.57 Å². The van der Waals surface area contributed by atoms with Crippen LogP contribution >= 0.6 is 22.6 Å². The third kappa shape index (κ3) is 2.16. The standard InChI is InChI=1S/C31H17IO2/c32-18-13-15-26-28(17-18)33-27-16-14-25-29(30(27)34-26)21-9-3-6-12-24(21)31(25)22-10-4-1-7-19(22)20-8-2-5-11-23(20)31/h1-17H. The highest BCUT2D eigenvalue weighted by atomic mass is 127. The summed E-state index contributed by atoms with van der Waals surface area (Å²) < 4.78 is 14.1. The van der Waals surface area contributed by atoms with Gasteiger partial charge in [0.25, 0.3) is 0 Å². The summed E-state index contributed by atoms with van der Waals surface area (Å²) in [5.74, 6) is 3.08. The monoisotopic (exact) mass is 548 g/mol. The first-order valence-corrected chi connectivity index (χ1v) is 12.5. The van der Waals surface area contributed by atoms with Crippen LogP contribution in [0.4, 0.5) is 0 Å². The van der Waals surface area contributed by atoms with Gasteiger partial charge in [-0.3, -0.25) is 0 Å². The van der Waals surface area contributed by atoms with Crippen molar-refractivity contribution in [1.29, 1.82) is 0 Å². The molecular formula is C31H17IO2. The minimum absolute atomic E-state index is 0.371. The Bertz CT molecular complexity index is 1640. The Hall–Kier alpha value is -3.57. The van der Waals surface area contributed by atoms with Gasteiger partial charge in [-0.2, -0.15) is 0 Å². The molecule has 3 heteroatoms. The molecular weight excluding hydrogens is 531 g/mol. The lowest BCUT2D eigenvalue weighted by Gasteiger charge is -2.31. The van der Waals surface area contributed by atoms with Crippen molar-refractivity contribution in [3.8, 4) is 45.3 Å². The largest absolute Gasteiger partial charge is 0.449 e. The second kappa shape index (κ2) is 6.51. The van der Waals surface area contributed by atoms with Gasteiger partial charge in [-0.1, -0.05) is 78.9 Å². The van der Waals surface area contributed by atoms with Crippen LogP contribution in [0.1, 0.15) is 22.3 Å². The van der Waals surface area contributed by atoms with E-state index in [1.54, 1.807) is 0 Å². The van der Waals surface area contributed by atoms with E-state index in [4.69, 9.17) is 9.47 Å². The normalized spacial score (nSPS) is 14.7. The lowest BCUT2D eigenvalue weighted by Crippen LogP contribution is -2.25. The zero-order valence-corrected chi connectivity index (χ0v) is 20.2. The van der Waals surface area contributed by atoms with Gasteiger partial charge in [-0.15, -0.1) is 0 Å². The molecule has 0 saturated carbocycles. The molecule has 0 unspecified atom stereocenters. The van der Waals surface area contributed by atoms with Gasteiger partial charge < -0.3 is 9.47 Å². The Morgan fingerprint density at radius 1 is 0.500 bits per heavy atom. The number of hydrogen-bond acceptors (Lipinski definition) is 2. The van der Waals surface area contributed by atoms with Gasteiger partial charge in [0.1, 0.15) is 0 Å². The molecule has 3 aliphatic rings. The van der Waals surface area contributed by atoms with Gasteiger partial charge in [0.15, 0.2) is 23.0 Å². The van der Waals surface area contributed by atoms with Crippen LogP contribution in [0.3, 0.4) is 0 Å². The van der Waals surface area contributed by atoms with E-state index in [-0.39, 0.29) is 5.41 Å². The van der Waals surface area contributed by atoms with Gasteiger partial charge in [-0.25, -0.2) is 0 Å². The summed E-state index contributed by atoms with van der Waals surface area (Å²) in [4.78, 5) is 0. The van der Waals surface area contributed by atoms with Crippen molar-refractivity contribution in [2.24, 2.45) is 0 Å². The van der Waals surface area contributed by atoms with Crippen molar-refractivity contribution in [2.75, 3.05) is 0 Å². The van der Waals surface area contributed by atoms with E-state index >= 15 is 0 Å². The maximum atomic E-state index is 6.58. The summed E-state index contributed by atoms with van der Waals surface area (Å²) in [6, 6.07) is 36.8. The average molecular weight is 548 g/mol. The highest BCUT2D eigenvalue weighted by Gasteiger charge is 2.52. The fourth-order valence-corrected chi connectivity index (χ4v) is 6.65. The van der Waals surface area contributed by atoms with Gasteiger partial charge in [0.05, 0.1) is 5.41 Å². The van der Waals surface area contributed by atoms with Crippen LogP contribution in [-0.4, -0.2) is 0 Å². The van der Waals surface area contributed by atoms with Gasteiger partial charge in [0.2, 0.25) is 0 Å². The van der Waals surface area contributed by atoms with Crippen LogP contribution < -0.4 is 9.47 Å². The first kappa shape index (κ1) is 18.8. The molecule has 0 radical (unpaired) electrons. The van der Waals surface area contributed by atoms with E-state index in [1.165, 1.54) is 38.9 Å². The molecule has 160 valence electrons. The van der Waals surface area contributed by atoms with Gasteiger partial charge in [-0.05, 0) is 85.8 Å². The van der Waals surface area contributed by atoms with Crippen LogP contribution in [0.2, 0.25) is 0 Å². The van der Waals surface area contributed by atoms with E-state index in [9.17, 15) is 0 Å². The summed E-state index contributed by atoms with van der Waals surface area (Å²) in [5.41, 5.74) is 9.77. The molecule has 0 atom stereocenters. The van der Waals surface area contributed by atoms with E-state index in [1.807, 2.05) is 12.1 Å². The molecule has 2 aliphatic carbocycles. The molecule has 2 nitrogen and oxygen atoms in total. The third-order valence-corrected chi connectivity index (χ3v) is 8.09. The van der Waals surface area contributed by atoms with Crippen molar-refractivity contribution < 1.29 is 9.47 Å². The molecule has 5 aromatic rings. The third-order valence-electron chi connectivity index (χ3n) is 7.42. The van der Waals surface area contributed by atoms with Crippen molar-refractivity contribution in [3.05, 3.63) is 129 Å². The fourth-order valence-electron chi connectivity index (χ4n) is 6.19. The van der Waals surface area contributed by atoms with E-state index < -0.39 is 0 Å². The van der Waals surface area contributed by atoms with E-state index in [0.717, 1.165) is 32.1 Å². The molecule has 0 amide bonds. The minimum atomic E-state index is -0.371. The Morgan fingerprint density at radius 2 is 1.09 bits per heavy atom. The van der Waals surface area contributed by atoms with Crippen molar-refractivity contribution in [1.82, 2.24) is 0 Å². The highest BCUT2D eigenvalue weighted by molar-refractivity contribution is 14.1. The van der Waals surface area contributed by atoms with Crippen LogP contribution in [0.5, 0.6) is 23.0 Å². The van der Waals surface area contributed by atoms with Crippen molar-refractivity contribution >= 4 is 22.6 Å². The Balaban J connectivity index is 1.49. The summed E-state index contributed by atoms with van der Waals surface area (Å²) in [5, 5.41) is 0. The predicted octanol–water partition coefficient (Wildman–Crippen LogP) is 8.53. The molecule has 0 aromatic heterocycles. The summed E-state index contributed by atoms with van der Waals surface area (Å²) >= 11 is 2.30. The zero-order chi connectivity index (χ0) is 22.4. The van der Waals surface area contributed by atoms with Crippen LogP contribution in [-0.2, 0) is 5.41 Å². The lowest BCUT2D eigenvalue weighted by atomic mass is 9.70. The van der Waals surface area contributed by atoms with Crippen LogP contribution in [0.15, 0.2) is 103 Å². The summed E-state index contributed by atoms with van der Waals surface area (Å²) in [6.45, 7) is 0. The second-order valence-corrected chi connectivity index (χ2v) is 10.2. The second-order valence-electron chi connectivity index (χ2n) is 9.00. The fraction of sp³-hybridized carbons (Fsp3) is 0.0323. The molecule has 1 spiro atoms. The minimum Gasteiger partial charge on any atom is -0.449 e. The molecule has 5 aromatic carbocycles. The molecule has 8 rings (SSSR count). The lowest BCUT2D eigenvalue weighted by molar-refractivity contribution is 0.360. The molecule has 1 aliphatic heterocycles. The molecule has 1 heterocycles. The maximum Gasteiger partial charge on any atom is 0.178 e. The van der Waals surface area contributed by atoms with Gasteiger partial charge >= 0.3 is 0 Å². The maximum absolute atomic E-state index is 6.58. The quantitative estimate of drug-likeness (QED) is 0.177. The Morgan fingerprint density at radius 3 is 1.79 bits per heavy atom. The van der Waals surface area contributed by atoms with Crippen LogP contribution in [0.25, 0.3) is 22.3 Å². The Labute approximate surface area is 210 Å². The number of rotatable bonds is 0. The first-order valence-electron chi connectivity index (χ1n) is 11.4. The average Bonchev–Trinajstić information content (AvgIpc) is 3.35. The number of benzene rings is 5. The van der Waals surface area contributed by atoms with Gasteiger partial charge in [0, 0.05) is 9.13 Å². The smallest absolute Gasteiger partial charge is 0.178 e. The zero-order valence-electron chi connectivity index (χ0n) is 18.0. The summed E-state index contributed by atoms with van der Waals surface area (Å²) in [6.07, 6.45) is 0. The number of ether oxygens (including phenoxy) is 2. The van der Waals surface area contributed by atoms with Crippen molar-refractivity contribution in [3.63, 3.8) is 0 Å². The number of fused-ring (bicyclic) bond motifs is 13. The number of hydrogen-bond donors (Lipinski definition) is 0. The molecule has 0 bridgehead atoms. The Kier molecular flexibility index (Phi) is 3.60. The molecule has 0 saturated heterocycles. The molecule has 0 N–H and O–H groups in total. The van der Waals surface area contributed by atoms with Crippen molar-refractivity contribution in [2.45, 2.75) is 5.41 Å². The number of halogens is 1. The molecule has 0 fully saturated rings. The topological polar surface area (TPSA) is 18.5 Å². The van der Waals surface area contributed by atoms with E-state index in [0.29, 0.717) is 0 Å². The predicted molar refractivity (Wildman–Crippen MR) is 142 cm³/mol. The SMILES string of the molecule is Ic1ccc2c(c1)Oc1ccc3c(c1O2)-c1ccccc1C31c2ccccc2-c2ccccc21. The van der Waals surface area contributed by atoms with E-state index in [2.05, 4.69) is 114 Å². The summed E-state index contributed by atoms with van der Waals surface area (Å²) in [7, 11) is 0.